The summed E-state index contributed by atoms with van der Waals surface area (Å²) in [5.74, 6) is 1.09. The summed E-state index contributed by atoms with van der Waals surface area (Å²) in [4.78, 5) is 14.5. The quantitative estimate of drug-likeness (QED) is 0.941. The number of rotatable bonds is 4. The largest absolute Gasteiger partial charge is 0.495 e. The second kappa shape index (κ2) is 6.10. The van der Waals surface area contributed by atoms with Gasteiger partial charge in [-0.2, -0.15) is 0 Å². The molecule has 0 spiro atoms. The second-order valence-electron chi connectivity index (χ2n) is 5.59. The number of anilines is 2. The Labute approximate surface area is 130 Å². The number of hydrogen-bond donors (Lipinski definition) is 1. The Balaban J connectivity index is 1.71. The van der Waals surface area contributed by atoms with E-state index < -0.39 is 0 Å². The lowest BCUT2D eigenvalue weighted by atomic mass is 10.0. The molecule has 2 aromatic rings. The van der Waals surface area contributed by atoms with E-state index in [-0.39, 0.29) is 5.91 Å². The predicted molar refractivity (Wildman–Crippen MR) is 88.7 cm³/mol. The van der Waals surface area contributed by atoms with E-state index in [1.165, 1.54) is 5.56 Å². The fourth-order valence-corrected chi connectivity index (χ4v) is 2.98. The number of nitrogens with zero attached hydrogens (tertiary/aromatic N) is 1. The summed E-state index contributed by atoms with van der Waals surface area (Å²) in [6, 6.07) is 15.7. The highest BCUT2D eigenvalue weighted by atomic mass is 16.5. The summed E-state index contributed by atoms with van der Waals surface area (Å²) >= 11 is 0. The first-order chi connectivity index (χ1) is 10.7. The molecule has 1 N–H and O–H groups in total. The molecular weight excluding hydrogens is 276 g/mol. The van der Waals surface area contributed by atoms with Crippen LogP contribution in [0.5, 0.6) is 5.75 Å². The Bertz CT molecular complexity index is 684. The molecule has 1 aliphatic rings. The number of amides is 1. The van der Waals surface area contributed by atoms with Crippen LogP contribution in [-0.2, 0) is 4.79 Å². The van der Waals surface area contributed by atoms with Crippen molar-refractivity contribution in [1.29, 1.82) is 0 Å². The normalized spacial score (nSPS) is 16.3. The zero-order valence-corrected chi connectivity index (χ0v) is 12.9. The number of methoxy groups -OCH3 is 1. The number of para-hydroxylation sites is 3. The molecule has 0 bridgehead atoms. The van der Waals surface area contributed by atoms with E-state index >= 15 is 0 Å². The average molecular weight is 296 g/mol. The van der Waals surface area contributed by atoms with Crippen LogP contribution in [0.4, 0.5) is 11.4 Å². The third-order valence-corrected chi connectivity index (χ3v) is 4.02. The SMILES string of the molecule is COc1ccccc1NC(=O)CN1CC(C)c2ccccc21. The third kappa shape index (κ3) is 2.77. The van der Waals surface area contributed by atoms with Crippen molar-refractivity contribution in [3.8, 4) is 5.75 Å². The summed E-state index contributed by atoms with van der Waals surface area (Å²) in [5, 5.41) is 2.93. The van der Waals surface area contributed by atoms with Crippen LogP contribution in [0, 0.1) is 0 Å². The van der Waals surface area contributed by atoms with Gasteiger partial charge in [-0.1, -0.05) is 37.3 Å². The molecule has 1 amide bonds. The maximum atomic E-state index is 12.3. The van der Waals surface area contributed by atoms with Crippen LogP contribution in [0.15, 0.2) is 48.5 Å². The lowest BCUT2D eigenvalue weighted by molar-refractivity contribution is -0.115. The standard InChI is InChI=1S/C18H20N2O2/c1-13-11-20(16-9-5-3-7-14(13)16)12-18(21)19-15-8-4-6-10-17(15)22-2/h3-10,13H,11-12H2,1-2H3,(H,19,21). The van der Waals surface area contributed by atoms with Crippen LogP contribution in [0.2, 0.25) is 0 Å². The van der Waals surface area contributed by atoms with E-state index in [4.69, 9.17) is 4.74 Å². The van der Waals surface area contributed by atoms with E-state index in [2.05, 4.69) is 29.3 Å². The Morgan fingerprint density at radius 2 is 1.95 bits per heavy atom. The minimum Gasteiger partial charge on any atom is -0.495 e. The van der Waals surface area contributed by atoms with E-state index in [1.54, 1.807) is 7.11 Å². The number of carbonyl (C=O) groups is 1. The van der Waals surface area contributed by atoms with Gasteiger partial charge in [0.25, 0.3) is 0 Å². The molecule has 4 nitrogen and oxygen atoms in total. The van der Waals surface area contributed by atoms with Gasteiger partial charge in [0.1, 0.15) is 5.75 Å². The molecule has 0 radical (unpaired) electrons. The lowest BCUT2D eigenvalue weighted by Crippen LogP contribution is -2.32. The predicted octanol–water partition coefficient (Wildman–Crippen LogP) is 3.26. The zero-order valence-electron chi connectivity index (χ0n) is 12.9. The van der Waals surface area contributed by atoms with Crippen molar-refractivity contribution in [3.05, 3.63) is 54.1 Å². The molecule has 4 heteroatoms. The van der Waals surface area contributed by atoms with E-state index in [0.29, 0.717) is 23.9 Å². The van der Waals surface area contributed by atoms with Gasteiger partial charge >= 0.3 is 0 Å². The molecule has 0 fully saturated rings. The average Bonchev–Trinajstić information content (AvgIpc) is 2.84. The molecule has 0 saturated heterocycles. The van der Waals surface area contributed by atoms with Gasteiger partial charge < -0.3 is 15.0 Å². The first-order valence-electron chi connectivity index (χ1n) is 7.46. The fourth-order valence-electron chi connectivity index (χ4n) is 2.98. The van der Waals surface area contributed by atoms with Crippen LogP contribution in [-0.4, -0.2) is 26.1 Å². The summed E-state index contributed by atoms with van der Waals surface area (Å²) in [7, 11) is 1.60. The van der Waals surface area contributed by atoms with E-state index in [9.17, 15) is 4.79 Å². The van der Waals surface area contributed by atoms with Gasteiger partial charge in [-0.3, -0.25) is 4.79 Å². The van der Waals surface area contributed by atoms with Crippen molar-refractivity contribution in [3.63, 3.8) is 0 Å². The molecule has 1 aliphatic heterocycles. The van der Waals surface area contributed by atoms with Gasteiger partial charge in [-0.25, -0.2) is 0 Å². The van der Waals surface area contributed by atoms with Crippen molar-refractivity contribution in [2.45, 2.75) is 12.8 Å². The van der Waals surface area contributed by atoms with Crippen molar-refractivity contribution in [2.75, 3.05) is 30.4 Å². The van der Waals surface area contributed by atoms with E-state index in [0.717, 1.165) is 12.2 Å². The zero-order chi connectivity index (χ0) is 15.5. The number of benzene rings is 2. The van der Waals surface area contributed by atoms with Crippen molar-refractivity contribution >= 4 is 17.3 Å². The number of hydrogen-bond acceptors (Lipinski definition) is 3. The highest BCUT2D eigenvalue weighted by molar-refractivity contribution is 5.95. The number of fused-ring (bicyclic) bond motifs is 1. The summed E-state index contributed by atoms with van der Waals surface area (Å²) in [5.41, 5.74) is 3.17. The number of ether oxygens (including phenoxy) is 1. The van der Waals surface area contributed by atoms with Crippen LogP contribution in [0.1, 0.15) is 18.4 Å². The summed E-state index contributed by atoms with van der Waals surface area (Å²) < 4.78 is 5.26. The Morgan fingerprint density at radius 1 is 1.23 bits per heavy atom. The molecule has 1 atom stereocenters. The Kier molecular flexibility index (Phi) is 4.00. The van der Waals surface area contributed by atoms with Crippen molar-refractivity contribution in [2.24, 2.45) is 0 Å². The van der Waals surface area contributed by atoms with Gasteiger partial charge in [0.05, 0.1) is 19.3 Å². The monoisotopic (exact) mass is 296 g/mol. The van der Waals surface area contributed by atoms with Crippen LogP contribution in [0.3, 0.4) is 0 Å². The van der Waals surface area contributed by atoms with Gasteiger partial charge in [0, 0.05) is 18.2 Å². The van der Waals surface area contributed by atoms with E-state index in [1.807, 2.05) is 36.4 Å². The van der Waals surface area contributed by atoms with Gasteiger partial charge in [-0.05, 0) is 23.8 Å². The molecule has 0 saturated carbocycles. The maximum absolute atomic E-state index is 12.3. The first-order valence-corrected chi connectivity index (χ1v) is 7.46. The molecular formula is C18H20N2O2. The second-order valence-corrected chi connectivity index (χ2v) is 5.59. The third-order valence-electron chi connectivity index (χ3n) is 4.02. The Morgan fingerprint density at radius 3 is 2.77 bits per heavy atom. The lowest BCUT2D eigenvalue weighted by Gasteiger charge is -2.19. The highest BCUT2D eigenvalue weighted by Gasteiger charge is 2.26. The molecule has 0 aromatic heterocycles. The van der Waals surface area contributed by atoms with Crippen molar-refractivity contribution in [1.82, 2.24) is 0 Å². The minimum absolute atomic E-state index is 0.0339. The number of nitrogens with one attached hydrogen (secondary N) is 1. The van der Waals surface area contributed by atoms with Crippen molar-refractivity contribution < 1.29 is 9.53 Å². The molecule has 22 heavy (non-hydrogen) atoms. The van der Waals surface area contributed by atoms with Crippen LogP contribution < -0.4 is 15.0 Å². The molecule has 1 unspecified atom stereocenters. The fraction of sp³-hybridized carbons (Fsp3) is 0.278. The minimum atomic E-state index is -0.0339. The summed E-state index contributed by atoms with van der Waals surface area (Å²) in [6.45, 7) is 3.41. The molecule has 3 rings (SSSR count). The van der Waals surface area contributed by atoms with Crippen LogP contribution in [0.25, 0.3) is 0 Å². The molecule has 0 aliphatic carbocycles. The maximum Gasteiger partial charge on any atom is 0.243 e. The molecule has 1 heterocycles. The first kappa shape index (κ1) is 14.4. The van der Waals surface area contributed by atoms with Crippen LogP contribution >= 0.6 is 0 Å². The molecule has 2 aromatic carbocycles. The van der Waals surface area contributed by atoms with Gasteiger partial charge in [0.2, 0.25) is 5.91 Å². The number of carbonyl (C=O) groups excluding carboxylic acids is 1. The van der Waals surface area contributed by atoms with Gasteiger partial charge in [-0.15, -0.1) is 0 Å². The smallest absolute Gasteiger partial charge is 0.243 e. The molecule has 114 valence electrons. The Hall–Kier alpha value is -2.49. The highest BCUT2D eigenvalue weighted by Crippen LogP contribution is 2.35. The topological polar surface area (TPSA) is 41.6 Å². The van der Waals surface area contributed by atoms with Gasteiger partial charge in [0.15, 0.2) is 0 Å². The summed E-state index contributed by atoms with van der Waals surface area (Å²) in [6.07, 6.45) is 0.